The predicted octanol–water partition coefficient (Wildman–Crippen LogP) is 1.04. The molecule has 4 nitrogen and oxygen atoms in total. The number of carboxylic acid groups (broad SMARTS) is 1. The molecule has 0 radical (unpaired) electrons. The Bertz CT molecular complexity index is 225. The third-order valence-corrected chi connectivity index (χ3v) is 3.18. The number of carbonyl (C=O) groups is 1. The van der Waals surface area contributed by atoms with E-state index in [1.807, 2.05) is 0 Å². The summed E-state index contributed by atoms with van der Waals surface area (Å²) in [6.07, 6.45) is 3.68. The number of halogens is 1. The molecule has 2 fully saturated rings. The van der Waals surface area contributed by atoms with Gasteiger partial charge in [0.05, 0.1) is 0 Å². The minimum Gasteiger partial charge on any atom is -0.480 e. The minimum absolute atomic E-state index is 0. The zero-order chi connectivity index (χ0) is 10.0. The number of nitrogens with one attached hydrogen (secondary N) is 1. The molecule has 0 atom stereocenters. The van der Waals surface area contributed by atoms with Crippen molar-refractivity contribution in [2.24, 2.45) is 5.92 Å². The van der Waals surface area contributed by atoms with E-state index in [0.717, 1.165) is 6.54 Å². The standard InChI is InChI=1S/C10H17NO3.ClH/c12-9(13)10(3-5-14-6-4-10)11-7-8-1-2-8;/h8,11H,1-7H2,(H,12,13);1H. The molecule has 0 bridgehead atoms. The van der Waals surface area contributed by atoms with E-state index in [-0.39, 0.29) is 12.4 Å². The topological polar surface area (TPSA) is 58.6 Å². The fourth-order valence-electron chi connectivity index (χ4n) is 1.85. The van der Waals surface area contributed by atoms with Crippen LogP contribution in [0, 0.1) is 5.92 Å². The van der Waals surface area contributed by atoms with Gasteiger partial charge in [0.1, 0.15) is 5.54 Å². The smallest absolute Gasteiger partial charge is 0.324 e. The second-order valence-electron chi connectivity index (χ2n) is 4.32. The van der Waals surface area contributed by atoms with E-state index in [1.165, 1.54) is 12.8 Å². The molecular formula is C10H18ClNO3. The summed E-state index contributed by atoms with van der Waals surface area (Å²) < 4.78 is 5.19. The summed E-state index contributed by atoms with van der Waals surface area (Å²) in [5.41, 5.74) is -0.707. The van der Waals surface area contributed by atoms with Gasteiger partial charge < -0.3 is 15.2 Å². The number of aliphatic carboxylic acids is 1. The van der Waals surface area contributed by atoms with Crippen molar-refractivity contribution in [3.05, 3.63) is 0 Å². The summed E-state index contributed by atoms with van der Waals surface area (Å²) in [6.45, 7) is 1.97. The second-order valence-corrected chi connectivity index (χ2v) is 4.32. The molecule has 0 unspecified atom stereocenters. The minimum atomic E-state index is -0.721. The lowest BCUT2D eigenvalue weighted by atomic mass is 9.90. The highest BCUT2D eigenvalue weighted by Gasteiger charge is 2.40. The summed E-state index contributed by atoms with van der Waals surface area (Å²) in [5.74, 6) is -0.00415. The van der Waals surface area contributed by atoms with Crippen molar-refractivity contribution in [2.75, 3.05) is 19.8 Å². The first-order chi connectivity index (χ1) is 6.73. The van der Waals surface area contributed by atoms with Crippen LogP contribution in [0.15, 0.2) is 0 Å². The van der Waals surface area contributed by atoms with E-state index >= 15 is 0 Å². The molecule has 15 heavy (non-hydrogen) atoms. The molecule has 1 saturated carbocycles. The van der Waals surface area contributed by atoms with Crippen molar-refractivity contribution in [2.45, 2.75) is 31.2 Å². The summed E-state index contributed by atoms with van der Waals surface area (Å²) in [7, 11) is 0. The summed E-state index contributed by atoms with van der Waals surface area (Å²) >= 11 is 0. The van der Waals surface area contributed by atoms with Crippen molar-refractivity contribution in [1.82, 2.24) is 5.32 Å². The van der Waals surface area contributed by atoms with E-state index in [1.54, 1.807) is 0 Å². The Hall–Kier alpha value is -0.320. The van der Waals surface area contributed by atoms with Crippen molar-refractivity contribution in [3.8, 4) is 0 Å². The molecule has 5 heteroatoms. The fourth-order valence-corrected chi connectivity index (χ4v) is 1.85. The van der Waals surface area contributed by atoms with Gasteiger partial charge in [0.25, 0.3) is 0 Å². The van der Waals surface area contributed by atoms with Gasteiger partial charge in [-0.2, -0.15) is 0 Å². The van der Waals surface area contributed by atoms with Gasteiger partial charge in [0.15, 0.2) is 0 Å². The molecule has 0 spiro atoms. The zero-order valence-corrected chi connectivity index (χ0v) is 9.52. The normalized spacial score (nSPS) is 24.3. The number of hydrogen-bond acceptors (Lipinski definition) is 3. The van der Waals surface area contributed by atoms with Gasteiger partial charge in [-0.15, -0.1) is 12.4 Å². The van der Waals surface area contributed by atoms with Crippen LogP contribution >= 0.6 is 12.4 Å². The van der Waals surface area contributed by atoms with Gasteiger partial charge in [-0.05, 0) is 38.1 Å². The Morgan fingerprint density at radius 2 is 2.00 bits per heavy atom. The molecule has 0 aromatic carbocycles. The van der Waals surface area contributed by atoms with Gasteiger partial charge in [-0.3, -0.25) is 4.79 Å². The molecule has 0 aromatic heterocycles. The number of ether oxygens (including phenoxy) is 1. The quantitative estimate of drug-likeness (QED) is 0.765. The van der Waals surface area contributed by atoms with Crippen LogP contribution in [0.1, 0.15) is 25.7 Å². The molecule has 0 aromatic rings. The predicted molar refractivity (Wildman–Crippen MR) is 58.4 cm³/mol. The van der Waals surface area contributed by atoms with Crippen LogP contribution in [0.4, 0.5) is 0 Å². The third kappa shape index (κ3) is 3.06. The average Bonchev–Trinajstić information content (AvgIpc) is 2.99. The lowest BCUT2D eigenvalue weighted by Gasteiger charge is -2.34. The molecule has 2 rings (SSSR count). The van der Waals surface area contributed by atoms with Crippen LogP contribution in [0.3, 0.4) is 0 Å². The van der Waals surface area contributed by atoms with Gasteiger partial charge in [0.2, 0.25) is 0 Å². The van der Waals surface area contributed by atoms with E-state index < -0.39 is 11.5 Å². The highest BCUT2D eigenvalue weighted by atomic mass is 35.5. The van der Waals surface area contributed by atoms with Crippen LogP contribution in [0.5, 0.6) is 0 Å². The van der Waals surface area contributed by atoms with E-state index in [0.29, 0.717) is 32.0 Å². The third-order valence-electron chi connectivity index (χ3n) is 3.18. The summed E-state index contributed by atoms with van der Waals surface area (Å²) in [6, 6.07) is 0. The summed E-state index contributed by atoms with van der Waals surface area (Å²) in [5, 5.41) is 12.4. The van der Waals surface area contributed by atoms with Crippen LogP contribution in [-0.2, 0) is 9.53 Å². The van der Waals surface area contributed by atoms with Crippen molar-refractivity contribution >= 4 is 18.4 Å². The largest absolute Gasteiger partial charge is 0.480 e. The molecule has 1 aliphatic carbocycles. The number of rotatable bonds is 4. The average molecular weight is 236 g/mol. The first-order valence-corrected chi connectivity index (χ1v) is 5.29. The van der Waals surface area contributed by atoms with Crippen molar-refractivity contribution in [3.63, 3.8) is 0 Å². The maximum Gasteiger partial charge on any atom is 0.324 e. The van der Waals surface area contributed by atoms with Crippen molar-refractivity contribution < 1.29 is 14.6 Å². The molecule has 1 heterocycles. The Kier molecular flexibility index (Phi) is 4.37. The molecule has 2 N–H and O–H groups in total. The Morgan fingerprint density at radius 3 is 2.47 bits per heavy atom. The van der Waals surface area contributed by atoms with E-state index in [9.17, 15) is 9.90 Å². The molecule has 0 amide bonds. The van der Waals surface area contributed by atoms with Crippen LogP contribution in [0.25, 0.3) is 0 Å². The lowest BCUT2D eigenvalue weighted by Crippen LogP contribution is -2.56. The van der Waals surface area contributed by atoms with Crippen molar-refractivity contribution in [1.29, 1.82) is 0 Å². The first kappa shape index (κ1) is 12.7. The molecule has 2 aliphatic rings. The number of carboxylic acids is 1. The van der Waals surface area contributed by atoms with E-state index in [4.69, 9.17) is 4.74 Å². The highest BCUT2D eigenvalue weighted by Crippen LogP contribution is 2.30. The van der Waals surface area contributed by atoms with Gasteiger partial charge in [0, 0.05) is 13.2 Å². The van der Waals surface area contributed by atoms with Crippen LogP contribution in [0.2, 0.25) is 0 Å². The Labute approximate surface area is 95.8 Å². The monoisotopic (exact) mass is 235 g/mol. The van der Waals surface area contributed by atoms with Crippen LogP contribution < -0.4 is 5.32 Å². The highest BCUT2D eigenvalue weighted by molar-refractivity contribution is 5.85. The van der Waals surface area contributed by atoms with Gasteiger partial charge in [-0.25, -0.2) is 0 Å². The Morgan fingerprint density at radius 1 is 1.40 bits per heavy atom. The van der Waals surface area contributed by atoms with Gasteiger partial charge >= 0.3 is 5.97 Å². The summed E-state index contributed by atoms with van der Waals surface area (Å²) in [4.78, 5) is 11.2. The molecule has 88 valence electrons. The Balaban J connectivity index is 0.00000112. The van der Waals surface area contributed by atoms with Gasteiger partial charge in [-0.1, -0.05) is 0 Å². The molecular weight excluding hydrogens is 218 g/mol. The fraction of sp³-hybridized carbons (Fsp3) is 0.900. The van der Waals surface area contributed by atoms with Crippen LogP contribution in [-0.4, -0.2) is 36.4 Å². The second kappa shape index (κ2) is 5.14. The first-order valence-electron chi connectivity index (χ1n) is 5.29. The number of hydrogen-bond donors (Lipinski definition) is 2. The zero-order valence-electron chi connectivity index (χ0n) is 8.70. The maximum atomic E-state index is 11.2. The molecule has 1 saturated heterocycles. The lowest BCUT2D eigenvalue weighted by molar-refractivity contribution is -0.149. The molecule has 1 aliphatic heterocycles. The van der Waals surface area contributed by atoms with E-state index in [2.05, 4.69) is 5.32 Å². The maximum absolute atomic E-state index is 11.2. The SMILES string of the molecule is Cl.O=C(O)C1(NCC2CC2)CCOCC1.